The lowest BCUT2D eigenvalue weighted by atomic mass is 9.82. The smallest absolute Gasteiger partial charge is 0.353 e. The number of hydrogen-bond acceptors (Lipinski definition) is 8. The molecule has 0 saturated carbocycles. The molecule has 4 heterocycles. The molecule has 1 aromatic rings. The number of nitrogen functional groups attached to an aromatic ring is 1. The number of rotatable bonds is 3. The van der Waals surface area contributed by atoms with Gasteiger partial charge in [0.05, 0.1) is 6.04 Å². The predicted octanol–water partition coefficient (Wildman–Crippen LogP) is -0.289. The Balaban J connectivity index is 1.73. The normalized spacial score (nSPS) is 30.4. The van der Waals surface area contributed by atoms with Crippen LogP contribution in [0.15, 0.2) is 14.9 Å². The zero-order valence-corrected chi connectivity index (χ0v) is 12.3. The van der Waals surface area contributed by atoms with Gasteiger partial charge >= 0.3 is 5.97 Å². The second kappa shape index (κ2) is 4.42. The fraction of sp³-hybridized carbons (Fsp3) is 0.455. The molecule has 1 aromatic heterocycles. The summed E-state index contributed by atoms with van der Waals surface area (Å²) in [5.74, 6) is -0.981. The summed E-state index contributed by atoms with van der Waals surface area (Å²) in [6, 6.07) is -0.236. The van der Waals surface area contributed by atoms with Crippen molar-refractivity contribution in [3.8, 4) is 0 Å². The number of nitrogens with two attached hydrogens (primary N) is 1. The first-order valence-electron chi connectivity index (χ1n) is 6.36. The summed E-state index contributed by atoms with van der Waals surface area (Å²) < 4.78 is 0.593. The van der Waals surface area contributed by atoms with Crippen LogP contribution in [0.4, 0.5) is 5.13 Å². The van der Waals surface area contributed by atoms with Crippen molar-refractivity contribution in [2.75, 3.05) is 12.3 Å². The number of aliphatic carboxylic acids is 1. The van der Waals surface area contributed by atoms with E-state index >= 15 is 0 Å². The number of allylic oxidation sites excluding steroid dienone is 1. The summed E-state index contributed by atoms with van der Waals surface area (Å²) in [6.07, 6.45) is 0.629. The number of nitrogens with zero attached hydrogens (tertiary/aromatic N) is 3. The molecule has 3 aliphatic heterocycles. The molecule has 3 aliphatic rings. The fourth-order valence-electron chi connectivity index (χ4n) is 3.20. The highest BCUT2D eigenvalue weighted by atomic mass is 32.2. The van der Waals surface area contributed by atoms with Crippen LogP contribution in [-0.4, -0.2) is 50.7 Å². The van der Waals surface area contributed by atoms with Crippen molar-refractivity contribution in [1.29, 1.82) is 0 Å². The molecule has 8 nitrogen and oxygen atoms in total. The van der Waals surface area contributed by atoms with Gasteiger partial charge in [0.15, 0.2) is 4.34 Å². The van der Waals surface area contributed by atoms with Gasteiger partial charge in [-0.1, -0.05) is 23.1 Å². The number of anilines is 1. The van der Waals surface area contributed by atoms with Gasteiger partial charge in [-0.3, -0.25) is 9.69 Å². The molecule has 0 aliphatic carbocycles. The van der Waals surface area contributed by atoms with Crippen molar-refractivity contribution in [3.05, 3.63) is 10.6 Å². The molecule has 4 rings (SSSR count). The first-order chi connectivity index (χ1) is 10.1. The quantitative estimate of drug-likeness (QED) is 0.648. The van der Waals surface area contributed by atoms with E-state index in [1.54, 1.807) is 0 Å². The lowest BCUT2D eigenvalue weighted by molar-refractivity contribution is -0.153. The first-order valence-corrected chi connectivity index (χ1v) is 7.99. The molecule has 0 bridgehead atoms. The van der Waals surface area contributed by atoms with E-state index in [4.69, 9.17) is 5.73 Å². The van der Waals surface area contributed by atoms with Crippen molar-refractivity contribution in [1.82, 2.24) is 20.4 Å². The Hall–Kier alpha value is -1.65. The highest BCUT2D eigenvalue weighted by molar-refractivity contribution is 8.04. The van der Waals surface area contributed by atoms with Gasteiger partial charge in [0, 0.05) is 11.4 Å². The average molecular weight is 325 g/mol. The van der Waals surface area contributed by atoms with Crippen LogP contribution in [-0.2, 0) is 9.59 Å². The Kier molecular flexibility index (Phi) is 2.75. The third kappa shape index (κ3) is 1.79. The molecule has 0 spiro atoms. The number of hydrogen-bond donors (Lipinski definition) is 3. The van der Waals surface area contributed by atoms with Crippen LogP contribution in [0, 0.1) is 5.92 Å². The summed E-state index contributed by atoms with van der Waals surface area (Å²) >= 11 is 2.45. The number of carboxylic acid groups (broad SMARTS) is 1. The Labute approximate surface area is 127 Å². The van der Waals surface area contributed by atoms with Crippen molar-refractivity contribution < 1.29 is 14.7 Å². The number of carbonyl (C=O) groups is 2. The van der Waals surface area contributed by atoms with Crippen molar-refractivity contribution in [2.45, 2.75) is 22.8 Å². The van der Waals surface area contributed by atoms with E-state index in [9.17, 15) is 14.7 Å². The van der Waals surface area contributed by atoms with Crippen LogP contribution in [0.2, 0.25) is 0 Å². The van der Waals surface area contributed by atoms with Gasteiger partial charge in [0.25, 0.3) is 0 Å². The minimum absolute atomic E-state index is 0.0209. The third-order valence-electron chi connectivity index (χ3n) is 4.01. The van der Waals surface area contributed by atoms with Gasteiger partial charge in [0.2, 0.25) is 11.0 Å². The molecule has 0 aromatic carbocycles. The van der Waals surface area contributed by atoms with Crippen LogP contribution >= 0.6 is 23.1 Å². The third-order valence-corrected chi connectivity index (χ3v) is 5.92. The lowest BCUT2D eigenvalue weighted by Gasteiger charge is -2.48. The maximum atomic E-state index is 12.1. The van der Waals surface area contributed by atoms with Crippen molar-refractivity contribution in [2.24, 2.45) is 5.92 Å². The zero-order chi connectivity index (χ0) is 14.7. The molecule has 21 heavy (non-hydrogen) atoms. The Bertz CT molecular complexity index is 687. The summed E-state index contributed by atoms with van der Waals surface area (Å²) in [4.78, 5) is 25.7. The molecule has 0 radical (unpaired) electrons. The average Bonchev–Trinajstić information content (AvgIpc) is 3.01. The number of aromatic nitrogens is 2. The number of carbonyl (C=O) groups excluding carboxylic acids is 1. The zero-order valence-electron chi connectivity index (χ0n) is 10.6. The molecule has 4 N–H and O–H groups in total. The van der Waals surface area contributed by atoms with Crippen molar-refractivity contribution >= 4 is 40.1 Å². The topological polar surface area (TPSA) is 121 Å². The number of nitrogens with one attached hydrogen (secondary N) is 1. The highest BCUT2D eigenvalue weighted by Crippen LogP contribution is 2.48. The highest BCUT2D eigenvalue weighted by Gasteiger charge is 2.59. The van der Waals surface area contributed by atoms with Gasteiger partial charge in [-0.15, -0.1) is 10.2 Å². The van der Waals surface area contributed by atoms with Gasteiger partial charge in [-0.25, -0.2) is 4.79 Å². The maximum Gasteiger partial charge on any atom is 0.353 e. The van der Waals surface area contributed by atoms with Gasteiger partial charge in [-0.2, -0.15) is 0 Å². The van der Waals surface area contributed by atoms with Gasteiger partial charge in [-0.05, 0) is 12.3 Å². The number of carboxylic acids is 1. The number of thioether (sulfide) groups is 1. The van der Waals surface area contributed by atoms with Gasteiger partial charge < -0.3 is 16.2 Å². The monoisotopic (exact) mass is 325 g/mol. The second-order valence-electron chi connectivity index (χ2n) is 5.13. The minimum Gasteiger partial charge on any atom is -0.477 e. The Morgan fingerprint density at radius 2 is 2.33 bits per heavy atom. The van der Waals surface area contributed by atoms with E-state index < -0.39 is 5.97 Å². The van der Waals surface area contributed by atoms with Crippen LogP contribution < -0.4 is 11.1 Å². The van der Waals surface area contributed by atoms with Crippen LogP contribution in [0.25, 0.3) is 0 Å². The Morgan fingerprint density at radius 3 is 3.00 bits per heavy atom. The number of β-lactam (4-membered cyclic amide) rings is 1. The predicted molar refractivity (Wildman–Crippen MR) is 75.4 cm³/mol. The lowest BCUT2D eigenvalue weighted by Crippen LogP contribution is -2.68. The molecular formula is C11H11N5O3S2. The fourth-order valence-corrected chi connectivity index (χ4v) is 5.14. The standard InChI is InChI=1S/C11H11N5O3S2/c12-10-14-15-11(21-10)20-4-1-3-2-13-5-6(3)16(8(5)17)7(4)9(18)19/h3,5-6,13H,1-2H2,(H2,12,14)(H,18,19)/t3-,5+,6-/m1/s1. The maximum absolute atomic E-state index is 12.1. The van der Waals surface area contributed by atoms with Crippen LogP contribution in [0.1, 0.15) is 6.42 Å². The van der Waals surface area contributed by atoms with E-state index in [2.05, 4.69) is 15.5 Å². The molecule has 1 amide bonds. The molecule has 2 fully saturated rings. The minimum atomic E-state index is -1.08. The molecule has 110 valence electrons. The largest absolute Gasteiger partial charge is 0.477 e. The molecule has 3 atom stereocenters. The van der Waals surface area contributed by atoms with Gasteiger partial charge in [0.1, 0.15) is 11.7 Å². The van der Waals surface area contributed by atoms with Crippen LogP contribution in [0.5, 0.6) is 0 Å². The van der Waals surface area contributed by atoms with E-state index in [0.717, 1.165) is 6.54 Å². The summed E-state index contributed by atoms with van der Waals surface area (Å²) in [6.45, 7) is 0.729. The second-order valence-corrected chi connectivity index (χ2v) is 7.49. The van der Waals surface area contributed by atoms with Crippen LogP contribution in [0.3, 0.4) is 0 Å². The molecular weight excluding hydrogens is 314 g/mol. The summed E-state index contributed by atoms with van der Waals surface area (Å²) in [5, 5.41) is 20.6. The van der Waals surface area contributed by atoms with E-state index in [1.807, 2.05) is 0 Å². The van der Waals surface area contributed by atoms with E-state index in [-0.39, 0.29) is 29.6 Å². The molecule has 10 heteroatoms. The van der Waals surface area contributed by atoms with E-state index in [0.29, 0.717) is 20.8 Å². The first kappa shape index (κ1) is 13.0. The van der Waals surface area contributed by atoms with Crippen molar-refractivity contribution in [3.63, 3.8) is 0 Å². The molecule has 0 unspecified atom stereocenters. The Morgan fingerprint density at radius 1 is 1.52 bits per heavy atom. The summed E-state index contributed by atoms with van der Waals surface area (Å²) in [5.41, 5.74) is 5.63. The SMILES string of the molecule is Nc1nnc(SC2=C(C(=O)O)N3C(=O)[C@H]4NC[C@@H](C2)[C@H]43)s1. The summed E-state index contributed by atoms with van der Waals surface area (Å²) in [7, 11) is 0. The molecule has 2 saturated heterocycles. The number of amides is 1. The van der Waals surface area contributed by atoms with E-state index in [1.165, 1.54) is 28.0 Å².